The van der Waals surface area contributed by atoms with Crippen LogP contribution in [0.4, 0.5) is 5.82 Å². The van der Waals surface area contributed by atoms with Gasteiger partial charge in [0.2, 0.25) is 0 Å². The second-order valence-electron chi connectivity index (χ2n) is 6.26. The van der Waals surface area contributed by atoms with Gasteiger partial charge in [-0.15, -0.1) is 5.10 Å². The Hall–Kier alpha value is -3.23. The highest BCUT2D eigenvalue weighted by atomic mass is 16.4. The number of nitrogens with one attached hydrogen (secondary N) is 1. The van der Waals surface area contributed by atoms with Gasteiger partial charge < -0.3 is 15.4 Å². The zero-order valence-corrected chi connectivity index (χ0v) is 14.7. The molecular formula is C19H18BN5O2. The lowest BCUT2D eigenvalue weighted by Gasteiger charge is -2.09. The molecule has 3 N–H and O–H groups in total. The van der Waals surface area contributed by atoms with Crippen LogP contribution in [0.25, 0.3) is 16.9 Å². The van der Waals surface area contributed by atoms with Gasteiger partial charge in [0, 0.05) is 17.6 Å². The molecule has 4 aromatic rings. The summed E-state index contributed by atoms with van der Waals surface area (Å²) in [4.78, 5) is 4.57. The maximum absolute atomic E-state index is 9.61. The fraction of sp³-hybridized carbons (Fsp3) is 0.105. The van der Waals surface area contributed by atoms with Crippen LogP contribution in [0.1, 0.15) is 11.3 Å². The molecule has 0 aliphatic rings. The van der Waals surface area contributed by atoms with E-state index in [2.05, 4.69) is 20.5 Å². The van der Waals surface area contributed by atoms with Crippen LogP contribution in [0.2, 0.25) is 0 Å². The number of rotatable bonds is 5. The first-order chi connectivity index (χ1) is 13.1. The number of hydrogen-bond acceptors (Lipinski definition) is 6. The van der Waals surface area contributed by atoms with Crippen molar-refractivity contribution in [1.29, 1.82) is 0 Å². The Kier molecular flexibility index (Phi) is 4.58. The van der Waals surface area contributed by atoms with Gasteiger partial charge in [-0.2, -0.15) is 10.1 Å². The average molecular weight is 359 g/mol. The summed E-state index contributed by atoms with van der Waals surface area (Å²) >= 11 is 0. The van der Waals surface area contributed by atoms with Gasteiger partial charge in [0.05, 0.1) is 11.7 Å². The van der Waals surface area contributed by atoms with Gasteiger partial charge in [0.15, 0.2) is 5.82 Å². The molecule has 134 valence electrons. The van der Waals surface area contributed by atoms with Gasteiger partial charge in [-0.3, -0.25) is 4.57 Å². The third-order valence-corrected chi connectivity index (χ3v) is 4.41. The molecule has 2 aromatic heterocycles. The van der Waals surface area contributed by atoms with E-state index in [0.29, 0.717) is 23.8 Å². The van der Waals surface area contributed by atoms with Crippen LogP contribution in [0.15, 0.2) is 60.8 Å². The summed E-state index contributed by atoms with van der Waals surface area (Å²) in [6.07, 6.45) is 1.58. The Labute approximate surface area is 156 Å². The molecular weight excluding hydrogens is 341 g/mol. The molecule has 0 aliphatic heterocycles. The van der Waals surface area contributed by atoms with E-state index in [4.69, 9.17) is 0 Å². The van der Waals surface area contributed by atoms with E-state index in [9.17, 15) is 10.0 Å². The highest BCUT2D eigenvalue weighted by molar-refractivity contribution is 6.61. The number of aryl methyl sites for hydroxylation is 1. The Morgan fingerprint density at radius 2 is 1.89 bits per heavy atom. The van der Waals surface area contributed by atoms with E-state index in [1.165, 1.54) is 0 Å². The summed E-state index contributed by atoms with van der Waals surface area (Å²) in [6, 6.07) is 17.3. The van der Waals surface area contributed by atoms with Gasteiger partial charge in [-0.05, 0) is 30.1 Å². The maximum atomic E-state index is 9.61. The quantitative estimate of drug-likeness (QED) is 0.467. The fourth-order valence-electron chi connectivity index (χ4n) is 3.14. The van der Waals surface area contributed by atoms with Crippen LogP contribution in [-0.4, -0.2) is 36.9 Å². The minimum atomic E-state index is -1.54. The molecule has 0 amide bonds. The van der Waals surface area contributed by atoms with Crippen LogP contribution in [0.5, 0.6) is 0 Å². The lowest BCUT2D eigenvalue weighted by Crippen LogP contribution is -2.30. The van der Waals surface area contributed by atoms with Crippen LogP contribution in [0.3, 0.4) is 0 Å². The number of benzene rings is 2. The molecule has 0 atom stereocenters. The second-order valence-corrected chi connectivity index (χ2v) is 6.26. The van der Waals surface area contributed by atoms with Crippen molar-refractivity contribution >= 4 is 29.3 Å². The van der Waals surface area contributed by atoms with Crippen LogP contribution >= 0.6 is 0 Å². The predicted molar refractivity (Wildman–Crippen MR) is 105 cm³/mol. The lowest BCUT2D eigenvalue weighted by atomic mass is 9.78. The topological polar surface area (TPSA) is 96.1 Å². The molecule has 0 bridgehead atoms. The molecule has 0 saturated heterocycles. The highest BCUT2D eigenvalue weighted by Crippen LogP contribution is 2.21. The van der Waals surface area contributed by atoms with Crippen molar-refractivity contribution < 1.29 is 10.0 Å². The zero-order valence-electron chi connectivity index (χ0n) is 14.7. The number of anilines is 1. The largest absolute Gasteiger partial charge is 0.489 e. The van der Waals surface area contributed by atoms with Crippen molar-refractivity contribution in [1.82, 2.24) is 19.7 Å². The van der Waals surface area contributed by atoms with Gasteiger partial charge >= 0.3 is 7.12 Å². The van der Waals surface area contributed by atoms with E-state index >= 15 is 0 Å². The number of nitrogens with zero attached hydrogens (tertiary/aromatic N) is 4. The highest BCUT2D eigenvalue weighted by Gasteiger charge is 2.19. The third-order valence-electron chi connectivity index (χ3n) is 4.41. The van der Waals surface area contributed by atoms with Crippen LogP contribution in [0, 0.1) is 6.92 Å². The van der Waals surface area contributed by atoms with Gasteiger partial charge in [0.25, 0.3) is 5.95 Å². The van der Waals surface area contributed by atoms with Gasteiger partial charge in [-0.25, -0.2) is 0 Å². The van der Waals surface area contributed by atoms with Crippen molar-refractivity contribution in [2.24, 2.45) is 0 Å². The maximum Gasteiger partial charge on any atom is 0.489 e. The normalized spacial score (nSPS) is 10.9. The second kappa shape index (κ2) is 7.18. The van der Waals surface area contributed by atoms with Gasteiger partial charge in [-0.1, -0.05) is 42.5 Å². The Bertz CT molecular complexity index is 1080. The standard InChI is InChI=1S/C19H18BN5O2/c1-13-10-15-16(20(26)27)8-5-9-17(15)25(13)19-23-18(12-22-24-19)21-11-14-6-3-2-4-7-14/h2-10,12,26-27H,11H2,1H3,(H,21,23,24). The minimum absolute atomic E-state index is 0.421. The van der Waals surface area contributed by atoms with Gasteiger partial charge in [0.1, 0.15) is 0 Å². The van der Waals surface area contributed by atoms with Crippen molar-refractivity contribution in [3.63, 3.8) is 0 Å². The first-order valence-corrected chi connectivity index (χ1v) is 8.58. The fourth-order valence-corrected chi connectivity index (χ4v) is 3.14. The molecule has 7 nitrogen and oxygen atoms in total. The zero-order chi connectivity index (χ0) is 18.8. The molecule has 0 unspecified atom stereocenters. The molecule has 27 heavy (non-hydrogen) atoms. The average Bonchev–Trinajstić information content (AvgIpc) is 3.03. The molecule has 8 heteroatoms. The van der Waals surface area contributed by atoms with E-state index in [1.807, 2.05) is 54.0 Å². The number of fused-ring (bicyclic) bond motifs is 1. The van der Waals surface area contributed by atoms with Crippen molar-refractivity contribution in [2.75, 3.05) is 5.32 Å². The Balaban J connectivity index is 1.70. The molecule has 0 fully saturated rings. The monoisotopic (exact) mass is 359 g/mol. The van der Waals surface area contributed by atoms with Crippen molar-refractivity contribution in [3.05, 3.63) is 72.1 Å². The van der Waals surface area contributed by atoms with Crippen molar-refractivity contribution in [2.45, 2.75) is 13.5 Å². The summed E-state index contributed by atoms with van der Waals surface area (Å²) in [5.74, 6) is 1.04. The van der Waals surface area contributed by atoms with Crippen LogP contribution in [-0.2, 0) is 6.54 Å². The summed E-state index contributed by atoms with van der Waals surface area (Å²) < 4.78 is 1.85. The Morgan fingerprint density at radius 1 is 1.07 bits per heavy atom. The first-order valence-electron chi connectivity index (χ1n) is 8.58. The molecule has 2 heterocycles. The van der Waals surface area contributed by atoms with E-state index in [-0.39, 0.29) is 0 Å². The molecule has 0 spiro atoms. The van der Waals surface area contributed by atoms with Crippen molar-refractivity contribution in [3.8, 4) is 5.95 Å². The number of aromatic nitrogens is 4. The summed E-state index contributed by atoms with van der Waals surface area (Å²) in [5, 5.41) is 31.4. The molecule has 4 rings (SSSR count). The molecule has 0 aliphatic carbocycles. The van der Waals surface area contributed by atoms with Crippen LogP contribution < -0.4 is 10.8 Å². The van der Waals surface area contributed by atoms with E-state index < -0.39 is 7.12 Å². The number of hydrogen-bond donors (Lipinski definition) is 3. The summed E-state index contributed by atoms with van der Waals surface area (Å²) in [5.41, 5.74) is 3.25. The minimum Gasteiger partial charge on any atom is -0.423 e. The summed E-state index contributed by atoms with van der Waals surface area (Å²) in [6.45, 7) is 2.55. The first kappa shape index (κ1) is 17.2. The Morgan fingerprint density at radius 3 is 2.67 bits per heavy atom. The third kappa shape index (κ3) is 3.40. The summed E-state index contributed by atoms with van der Waals surface area (Å²) in [7, 11) is -1.54. The molecule has 0 radical (unpaired) electrons. The SMILES string of the molecule is Cc1cc2c(B(O)O)cccc2n1-c1nncc(NCc2ccccc2)n1. The predicted octanol–water partition coefficient (Wildman–Crippen LogP) is 1.42. The molecule has 2 aromatic carbocycles. The lowest BCUT2D eigenvalue weighted by molar-refractivity contribution is 0.426. The molecule has 0 saturated carbocycles. The smallest absolute Gasteiger partial charge is 0.423 e. The van der Waals surface area contributed by atoms with E-state index in [1.54, 1.807) is 18.3 Å². The van der Waals surface area contributed by atoms with E-state index in [0.717, 1.165) is 22.2 Å².